The Morgan fingerprint density at radius 3 is 2.78 bits per heavy atom. The van der Waals surface area contributed by atoms with E-state index >= 15 is 0 Å². The van der Waals surface area contributed by atoms with Crippen LogP contribution < -0.4 is 0 Å². The maximum atomic E-state index is 12.4. The second kappa shape index (κ2) is 4.87. The fourth-order valence-corrected chi connectivity index (χ4v) is 3.78. The molecule has 2 aromatic rings. The molecule has 92 valence electrons. The third-order valence-corrected chi connectivity index (χ3v) is 4.78. The molecule has 18 heavy (non-hydrogen) atoms. The van der Waals surface area contributed by atoms with E-state index in [4.69, 9.17) is 11.6 Å². The van der Waals surface area contributed by atoms with Crippen LogP contribution in [-0.2, 0) is 12.8 Å². The summed E-state index contributed by atoms with van der Waals surface area (Å²) in [6, 6.07) is 9.25. The van der Waals surface area contributed by atoms with Crippen LogP contribution in [-0.4, -0.2) is 5.78 Å². The monoisotopic (exact) mass is 276 g/mol. The van der Waals surface area contributed by atoms with E-state index in [0.717, 1.165) is 17.7 Å². The van der Waals surface area contributed by atoms with Gasteiger partial charge in [-0.25, -0.2) is 0 Å². The predicted octanol–water partition coefficient (Wildman–Crippen LogP) is 4.51. The molecule has 0 amide bonds. The number of rotatable bonds is 2. The summed E-state index contributed by atoms with van der Waals surface area (Å²) in [5.41, 5.74) is 2.05. The predicted molar refractivity (Wildman–Crippen MR) is 75.8 cm³/mol. The van der Waals surface area contributed by atoms with Crippen molar-refractivity contribution in [2.45, 2.75) is 25.7 Å². The fraction of sp³-hybridized carbons (Fsp3) is 0.267. The Labute approximate surface area is 115 Å². The first-order valence-electron chi connectivity index (χ1n) is 6.16. The van der Waals surface area contributed by atoms with Crippen LogP contribution in [0.4, 0.5) is 0 Å². The minimum absolute atomic E-state index is 0.0944. The van der Waals surface area contributed by atoms with Gasteiger partial charge in [0.15, 0.2) is 0 Å². The molecule has 0 radical (unpaired) electrons. The van der Waals surface area contributed by atoms with Gasteiger partial charge in [-0.3, -0.25) is 4.79 Å². The van der Waals surface area contributed by atoms with Crippen LogP contribution in [0.2, 0.25) is 5.02 Å². The second-order valence-electron chi connectivity index (χ2n) is 4.61. The van der Waals surface area contributed by atoms with E-state index in [-0.39, 0.29) is 5.78 Å². The van der Waals surface area contributed by atoms with Gasteiger partial charge in [0.2, 0.25) is 5.78 Å². The lowest BCUT2D eigenvalue weighted by Crippen LogP contribution is -1.98. The van der Waals surface area contributed by atoms with Crippen LogP contribution in [0.5, 0.6) is 0 Å². The van der Waals surface area contributed by atoms with Crippen LogP contribution in [0, 0.1) is 0 Å². The van der Waals surface area contributed by atoms with Gasteiger partial charge in [0.05, 0.1) is 4.88 Å². The molecule has 0 aliphatic heterocycles. The number of hydrogen-bond acceptors (Lipinski definition) is 2. The third kappa shape index (κ3) is 2.23. The van der Waals surface area contributed by atoms with Gasteiger partial charge in [0.25, 0.3) is 0 Å². The maximum Gasteiger partial charge on any atom is 0.203 e. The van der Waals surface area contributed by atoms with Crippen molar-refractivity contribution in [1.29, 1.82) is 0 Å². The van der Waals surface area contributed by atoms with E-state index in [1.165, 1.54) is 23.3 Å². The molecule has 0 atom stereocenters. The van der Waals surface area contributed by atoms with Gasteiger partial charge in [-0.1, -0.05) is 23.7 Å². The lowest BCUT2D eigenvalue weighted by Gasteiger charge is -2.08. The quantitative estimate of drug-likeness (QED) is 0.738. The molecule has 0 saturated heterocycles. The van der Waals surface area contributed by atoms with E-state index in [0.29, 0.717) is 10.6 Å². The first-order valence-corrected chi connectivity index (χ1v) is 7.35. The minimum atomic E-state index is 0.0944. The van der Waals surface area contributed by atoms with Crippen molar-refractivity contribution in [2.24, 2.45) is 0 Å². The molecule has 1 nitrogen and oxygen atoms in total. The number of benzene rings is 1. The molecule has 1 aromatic heterocycles. The van der Waals surface area contributed by atoms with Crippen LogP contribution in [0.1, 0.15) is 38.5 Å². The van der Waals surface area contributed by atoms with Gasteiger partial charge in [-0.05, 0) is 49.4 Å². The SMILES string of the molecule is O=C(c1cccc(Cl)c1)c1cc2c(s1)CCCC2. The van der Waals surface area contributed by atoms with Crippen molar-refractivity contribution in [3.8, 4) is 0 Å². The van der Waals surface area contributed by atoms with Crippen molar-refractivity contribution in [3.05, 3.63) is 56.2 Å². The number of fused-ring (bicyclic) bond motifs is 1. The molecule has 0 saturated carbocycles. The molecular weight excluding hydrogens is 264 g/mol. The largest absolute Gasteiger partial charge is 0.288 e. The average Bonchev–Trinajstić information content (AvgIpc) is 2.81. The van der Waals surface area contributed by atoms with E-state index in [1.807, 2.05) is 12.1 Å². The molecule has 0 unspecified atom stereocenters. The Balaban J connectivity index is 1.95. The van der Waals surface area contributed by atoms with Crippen LogP contribution in [0.25, 0.3) is 0 Å². The lowest BCUT2D eigenvalue weighted by molar-refractivity contribution is 0.104. The van der Waals surface area contributed by atoms with Crippen molar-refractivity contribution in [2.75, 3.05) is 0 Å². The normalized spacial score (nSPS) is 14.3. The number of hydrogen-bond donors (Lipinski definition) is 0. The first-order chi connectivity index (χ1) is 8.74. The summed E-state index contributed by atoms with van der Waals surface area (Å²) < 4.78 is 0. The lowest BCUT2D eigenvalue weighted by atomic mass is 9.98. The number of carbonyl (C=O) groups excluding carboxylic acids is 1. The molecule has 1 aliphatic rings. The Kier molecular flexibility index (Phi) is 3.23. The topological polar surface area (TPSA) is 17.1 Å². The molecule has 0 N–H and O–H groups in total. The Morgan fingerprint density at radius 2 is 2.00 bits per heavy atom. The van der Waals surface area contributed by atoms with E-state index < -0.39 is 0 Å². The second-order valence-corrected chi connectivity index (χ2v) is 6.18. The summed E-state index contributed by atoms with van der Waals surface area (Å²) in [7, 11) is 0. The summed E-state index contributed by atoms with van der Waals surface area (Å²) in [4.78, 5) is 14.6. The smallest absolute Gasteiger partial charge is 0.203 e. The summed E-state index contributed by atoms with van der Waals surface area (Å²) >= 11 is 7.58. The van der Waals surface area contributed by atoms with Crippen molar-refractivity contribution < 1.29 is 4.79 Å². The first kappa shape index (κ1) is 11.9. The van der Waals surface area contributed by atoms with E-state index in [9.17, 15) is 4.79 Å². The highest BCUT2D eigenvalue weighted by atomic mass is 35.5. The van der Waals surface area contributed by atoms with Crippen LogP contribution in [0.15, 0.2) is 30.3 Å². The van der Waals surface area contributed by atoms with Gasteiger partial charge in [0.1, 0.15) is 0 Å². The highest BCUT2D eigenvalue weighted by Gasteiger charge is 2.18. The number of thiophene rings is 1. The fourth-order valence-electron chi connectivity index (χ4n) is 2.37. The Morgan fingerprint density at radius 1 is 1.17 bits per heavy atom. The van der Waals surface area contributed by atoms with Crippen LogP contribution >= 0.6 is 22.9 Å². The van der Waals surface area contributed by atoms with Crippen LogP contribution in [0.3, 0.4) is 0 Å². The Bertz CT molecular complexity index is 577. The van der Waals surface area contributed by atoms with Gasteiger partial charge in [-0.15, -0.1) is 11.3 Å². The minimum Gasteiger partial charge on any atom is -0.288 e. The molecule has 1 aliphatic carbocycles. The molecule has 1 heterocycles. The molecule has 0 fully saturated rings. The van der Waals surface area contributed by atoms with E-state index in [1.54, 1.807) is 23.5 Å². The maximum absolute atomic E-state index is 12.4. The van der Waals surface area contributed by atoms with Gasteiger partial charge >= 0.3 is 0 Å². The summed E-state index contributed by atoms with van der Waals surface area (Å²) in [5, 5.41) is 0.613. The average molecular weight is 277 g/mol. The Hall–Kier alpha value is -1.12. The highest BCUT2D eigenvalue weighted by molar-refractivity contribution is 7.14. The molecular formula is C15H13ClOS. The number of halogens is 1. The van der Waals surface area contributed by atoms with E-state index in [2.05, 4.69) is 6.07 Å². The molecule has 1 aromatic carbocycles. The number of ketones is 1. The van der Waals surface area contributed by atoms with Gasteiger partial charge in [0, 0.05) is 15.5 Å². The van der Waals surface area contributed by atoms with Crippen molar-refractivity contribution >= 4 is 28.7 Å². The molecule has 3 rings (SSSR count). The summed E-state index contributed by atoms with van der Waals surface area (Å²) in [6.07, 6.45) is 4.74. The highest BCUT2D eigenvalue weighted by Crippen LogP contribution is 2.31. The van der Waals surface area contributed by atoms with Crippen molar-refractivity contribution in [1.82, 2.24) is 0 Å². The van der Waals surface area contributed by atoms with Gasteiger partial charge in [-0.2, -0.15) is 0 Å². The number of carbonyl (C=O) groups is 1. The zero-order valence-corrected chi connectivity index (χ0v) is 11.5. The standard InChI is InChI=1S/C15H13ClOS/c16-12-6-3-5-11(8-12)15(17)14-9-10-4-1-2-7-13(10)18-14/h3,5-6,8-9H,1-2,4,7H2. The summed E-state index contributed by atoms with van der Waals surface area (Å²) in [6.45, 7) is 0. The van der Waals surface area contributed by atoms with Crippen molar-refractivity contribution in [3.63, 3.8) is 0 Å². The molecule has 0 bridgehead atoms. The van der Waals surface area contributed by atoms with Gasteiger partial charge < -0.3 is 0 Å². The molecule has 0 spiro atoms. The third-order valence-electron chi connectivity index (χ3n) is 3.31. The molecule has 3 heteroatoms. The zero-order valence-electron chi connectivity index (χ0n) is 9.91. The number of aryl methyl sites for hydroxylation is 2. The zero-order chi connectivity index (χ0) is 12.5. The summed E-state index contributed by atoms with van der Waals surface area (Å²) in [5.74, 6) is 0.0944.